The highest BCUT2D eigenvalue weighted by Crippen LogP contribution is 2.36. The highest BCUT2D eigenvalue weighted by atomic mass is 16.6. The number of carbonyl (C=O) groups excluding carboxylic acids is 3. The summed E-state index contributed by atoms with van der Waals surface area (Å²) in [4.78, 5) is 56.4. The fraction of sp³-hybridized carbons (Fsp3) is 0.667. The van der Waals surface area contributed by atoms with E-state index in [1.807, 2.05) is 38.1 Å². The van der Waals surface area contributed by atoms with Crippen LogP contribution < -0.4 is 11.0 Å². The summed E-state index contributed by atoms with van der Waals surface area (Å²) in [5.41, 5.74) is 1.08. The fourth-order valence-corrected chi connectivity index (χ4v) is 6.76. The molecule has 230 valence electrons. The molecular formula is C30H44N6O6. The molecule has 3 fully saturated rings. The molecule has 1 N–H and O–H groups in total. The van der Waals surface area contributed by atoms with Crippen molar-refractivity contribution in [1.29, 1.82) is 0 Å². The topological polar surface area (TPSA) is 118 Å². The Morgan fingerprint density at radius 2 is 1.64 bits per heavy atom. The molecule has 3 aliphatic heterocycles. The number of benzene rings is 1. The smallest absolute Gasteiger partial charge is 0.409 e. The number of likely N-dealkylation sites (tertiary alicyclic amines) is 1. The van der Waals surface area contributed by atoms with Gasteiger partial charge in [0, 0.05) is 70.7 Å². The molecule has 0 aliphatic carbocycles. The van der Waals surface area contributed by atoms with Gasteiger partial charge >= 0.3 is 23.9 Å². The minimum absolute atomic E-state index is 0.0112. The van der Waals surface area contributed by atoms with Gasteiger partial charge < -0.3 is 24.6 Å². The Labute approximate surface area is 246 Å². The molecule has 0 saturated carbocycles. The predicted molar refractivity (Wildman–Crippen MR) is 158 cm³/mol. The normalized spacial score (nSPS) is 22.9. The van der Waals surface area contributed by atoms with Gasteiger partial charge in [0.05, 0.1) is 17.6 Å². The largest absolute Gasteiger partial charge is 0.449 e. The Hall–Kier alpha value is -3.54. The van der Waals surface area contributed by atoms with Gasteiger partial charge in [0.1, 0.15) is 6.10 Å². The van der Waals surface area contributed by atoms with Crippen molar-refractivity contribution in [3.05, 3.63) is 34.7 Å². The second kappa shape index (κ2) is 12.8. The number of hydrogen-bond acceptors (Lipinski definition) is 7. The van der Waals surface area contributed by atoms with Crippen molar-refractivity contribution in [2.75, 3.05) is 40.3 Å². The third-order valence-corrected chi connectivity index (χ3v) is 8.83. The van der Waals surface area contributed by atoms with Crippen LogP contribution >= 0.6 is 0 Å². The Morgan fingerprint density at radius 1 is 1.00 bits per heavy atom. The molecule has 12 nitrogen and oxygen atoms in total. The third kappa shape index (κ3) is 6.28. The Balaban J connectivity index is 1.07. The zero-order chi connectivity index (χ0) is 30.0. The van der Waals surface area contributed by atoms with E-state index in [-0.39, 0.29) is 42.1 Å². The second-order valence-electron chi connectivity index (χ2n) is 12.2. The molecule has 1 aromatic carbocycles. The van der Waals surface area contributed by atoms with E-state index in [1.165, 1.54) is 9.47 Å². The molecule has 0 spiro atoms. The fourth-order valence-electron chi connectivity index (χ4n) is 6.76. The molecule has 3 atom stereocenters. The van der Waals surface area contributed by atoms with Crippen molar-refractivity contribution < 1.29 is 23.9 Å². The van der Waals surface area contributed by atoms with Crippen molar-refractivity contribution in [3.8, 4) is 0 Å². The quantitative estimate of drug-likeness (QED) is 0.494. The lowest BCUT2D eigenvalue weighted by molar-refractivity contribution is 0.0298. The first kappa shape index (κ1) is 29.9. The van der Waals surface area contributed by atoms with E-state index in [1.54, 1.807) is 23.6 Å². The number of nitrogens with one attached hydrogen (secondary N) is 1. The monoisotopic (exact) mass is 584 g/mol. The molecule has 3 saturated heterocycles. The van der Waals surface area contributed by atoms with Gasteiger partial charge in [-0.15, -0.1) is 0 Å². The van der Waals surface area contributed by atoms with E-state index >= 15 is 0 Å². The highest BCUT2D eigenvalue weighted by molar-refractivity contribution is 5.89. The van der Waals surface area contributed by atoms with Crippen molar-refractivity contribution >= 4 is 29.3 Å². The minimum Gasteiger partial charge on any atom is -0.449 e. The number of aromatic nitrogens is 2. The van der Waals surface area contributed by atoms with Crippen molar-refractivity contribution in [1.82, 2.24) is 29.2 Å². The summed E-state index contributed by atoms with van der Waals surface area (Å²) in [6.07, 6.45) is 4.96. The Kier molecular flexibility index (Phi) is 9.10. The number of para-hydroxylation sites is 2. The van der Waals surface area contributed by atoms with Crippen LogP contribution in [0.3, 0.4) is 0 Å². The van der Waals surface area contributed by atoms with Crippen LogP contribution in [0.15, 0.2) is 29.1 Å². The molecule has 1 aromatic heterocycles. The summed E-state index contributed by atoms with van der Waals surface area (Å²) in [5.74, 6) is 0. The number of carbonyl (C=O) groups is 3. The first-order valence-corrected chi connectivity index (χ1v) is 15.2. The number of piperidine rings is 2. The van der Waals surface area contributed by atoms with Crippen LogP contribution in [0.2, 0.25) is 0 Å². The maximum absolute atomic E-state index is 13.3. The summed E-state index contributed by atoms with van der Waals surface area (Å²) >= 11 is 0. The minimum atomic E-state index is -0.361. The Bertz CT molecular complexity index is 1330. The molecule has 0 unspecified atom stereocenters. The number of nitrogens with zero attached hydrogens (tertiary/aromatic N) is 5. The van der Waals surface area contributed by atoms with E-state index in [2.05, 4.69) is 10.2 Å². The van der Waals surface area contributed by atoms with Gasteiger partial charge in [0.15, 0.2) is 0 Å². The van der Waals surface area contributed by atoms with Crippen molar-refractivity contribution in [2.24, 2.45) is 0 Å². The number of ether oxygens (including phenoxy) is 2. The summed E-state index contributed by atoms with van der Waals surface area (Å²) < 4.78 is 13.9. The number of imidazole rings is 1. The van der Waals surface area contributed by atoms with Crippen LogP contribution in [-0.4, -0.2) is 107 Å². The van der Waals surface area contributed by atoms with Gasteiger partial charge in [-0.25, -0.2) is 23.7 Å². The molecule has 3 amide bonds. The zero-order valence-electron chi connectivity index (χ0n) is 25.2. The molecule has 2 bridgehead atoms. The van der Waals surface area contributed by atoms with Crippen LogP contribution in [0.4, 0.5) is 14.4 Å². The van der Waals surface area contributed by atoms with Gasteiger partial charge in [-0.2, -0.15) is 0 Å². The van der Waals surface area contributed by atoms with E-state index in [0.29, 0.717) is 50.1 Å². The highest BCUT2D eigenvalue weighted by Gasteiger charge is 2.41. The average Bonchev–Trinajstić information content (AvgIpc) is 3.39. The van der Waals surface area contributed by atoms with Crippen LogP contribution in [0.1, 0.15) is 64.8 Å². The van der Waals surface area contributed by atoms with E-state index in [0.717, 1.165) is 44.2 Å². The second-order valence-corrected chi connectivity index (χ2v) is 12.2. The standard InChI is InChI=1S/C30H44N6O6/c1-20(2)35-25-8-5-6-9-26(25)36(28(35)38)27(37)31-21-18-22-10-11-23(19-21)34(22)14-7-17-41-30(40)33-15-12-24(13-16-33)42-29(39)32(3)4/h5-6,8-9,20-24H,7,10-19H2,1-4H3,(H,31,37)/t21-,22+,23-. The molecule has 0 radical (unpaired) electrons. The number of rotatable bonds is 7. The Morgan fingerprint density at radius 3 is 2.26 bits per heavy atom. The van der Waals surface area contributed by atoms with Crippen LogP contribution in [-0.2, 0) is 9.47 Å². The first-order valence-electron chi connectivity index (χ1n) is 15.2. The first-order chi connectivity index (χ1) is 20.1. The summed E-state index contributed by atoms with van der Waals surface area (Å²) in [6.45, 7) is 6.11. The van der Waals surface area contributed by atoms with Crippen LogP contribution in [0.5, 0.6) is 0 Å². The molecule has 5 rings (SSSR count). The molecule has 2 aromatic rings. The number of hydrogen-bond donors (Lipinski definition) is 1. The molecular weight excluding hydrogens is 540 g/mol. The lowest BCUT2D eigenvalue weighted by Gasteiger charge is -2.39. The van der Waals surface area contributed by atoms with Crippen LogP contribution in [0, 0.1) is 0 Å². The third-order valence-electron chi connectivity index (χ3n) is 8.83. The molecule has 4 heterocycles. The summed E-state index contributed by atoms with van der Waals surface area (Å²) in [5, 5.41) is 3.16. The van der Waals surface area contributed by atoms with Crippen LogP contribution in [0.25, 0.3) is 11.0 Å². The zero-order valence-corrected chi connectivity index (χ0v) is 25.2. The van der Waals surface area contributed by atoms with E-state index < -0.39 is 0 Å². The lowest BCUT2D eigenvalue weighted by atomic mass is 9.97. The average molecular weight is 585 g/mol. The van der Waals surface area contributed by atoms with Gasteiger partial charge in [-0.3, -0.25) is 9.47 Å². The van der Waals surface area contributed by atoms with Gasteiger partial charge in [-0.05, 0) is 58.1 Å². The maximum atomic E-state index is 13.3. The summed E-state index contributed by atoms with van der Waals surface area (Å²) in [6, 6.07) is 7.75. The maximum Gasteiger partial charge on any atom is 0.409 e. The van der Waals surface area contributed by atoms with Gasteiger partial charge in [0.2, 0.25) is 0 Å². The predicted octanol–water partition coefficient (Wildman–Crippen LogP) is 3.63. The molecule has 12 heteroatoms. The SMILES string of the molecule is CC(C)n1c(=O)n(C(=O)N[C@H]2C[C@H]3CC[C@@H](C2)N3CCCOC(=O)N2CCC(OC(=O)N(C)C)CC2)c2ccccc21. The van der Waals surface area contributed by atoms with Crippen molar-refractivity contribution in [2.45, 2.75) is 89.1 Å². The van der Waals surface area contributed by atoms with Gasteiger partial charge in [0.25, 0.3) is 0 Å². The molecule has 42 heavy (non-hydrogen) atoms. The summed E-state index contributed by atoms with van der Waals surface area (Å²) in [7, 11) is 3.30. The van der Waals surface area contributed by atoms with E-state index in [4.69, 9.17) is 9.47 Å². The number of amides is 3. The van der Waals surface area contributed by atoms with E-state index in [9.17, 15) is 19.2 Å². The number of fused-ring (bicyclic) bond motifs is 3. The van der Waals surface area contributed by atoms with Gasteiger partial charge in [-0.1, -0.05) is 12.1 Å². The molecule has 3 aliphatic rings. The lowest BCUT2D eigenvalue weighted by Crippen LogP contribution is -2.52. The van der Waals surface area contributed by atoms with Crippen molar-refractivity contribution in [3.63, 3.8) is 0 Å².